The lowest BCUT2D eigenvalue weighted by atomic mass is 10.0. The summed E-state index contributed by atoms with van der Waals surface area (Å²) in [6, 6.07) is 9.52. The number of hydrogen-bond donors (Lipinski definition) is 1. The van der Waals surface area contributed by atoms with Crippen LogP contribution in [0.15, 0.2) is 43.0 Å². The standard InChI is InChI=1S/C17H25NO3S/c1-2-3-13-22(20,21)18(14-16-9-5-4-6-10-16)15-17(19)11-7-8-12-17/h2,4-6,9-10,19H,1,3,7-8,11-15H2. The summed E-state index contributed by atoms with van der Waals surface area (Å²) >= 11 is 0. The Bertz CT molecular complexity index is 577. The predicted octanol–water partition coefficient (Wildman–Crippen LogP) is 2.70. The topological polar surface area (TPSA) is 57.6 Å². The van der Waals surface area contributed by atoms with Crippen molar-refractivity contribution in [1.29, 1.82) is 0 Å². The van der Waals surface area contributed by atoms with Crippen molar-refractivity contribution in [2.75, 3.05) is 12.3 Å². The van der Waals surface area contributed by atoms with E-state index in [1.807, 2.05) is 30.3 Å². The third-order valence-corrected chi connectivity index (χ3v) is 5.98. The van der Waals surface area contributed by atoms with Gasteiger partial charge in [0.05, 0.1) is 11.4 Å². The third-order valence-electron chi connectivity index (χ3n) is 4.18. The van der Waals surface area contributed by atoms with Gasteiger partial charge in [-0.2, -0.15) is 4.31 Å². The molecule has 0 bridgehead atoms. The van der Waals surface area contributed by atoms with Crippen molar-refractivity contribution in [1.82, 2.24) is 4.31 Å². The highest BCUT2D eigenvalue weighted by Crippen LogP contribution is 2.31. The van der Waals surface area contributed by atoms with Crippen molar-refractivity contribution in [3.05, 3.63) is 48.6 Å². The molecule has 0 amide bonds. The smallest absolute Gasteiger partial charge is 0.214 e. The van der Waals surface area contributed by atoms with Crippen LogP contribution in [0, 0.1) is 0 Å². The fourth-order valence-electron chi connectivity index (χ4n) is 2.92. The molecule has 22 heavy (non-hydrogen) atoms. The Hall–Kier alpha value is -1.17. The fraction of sp³-hybridized carbons (Fsp3) is 0.529. The molecule has 0 unspecified atom stereocenters. The number of aliphatic hydroxyl groups is 1. The van der Waals surface area contributed by atoms with E-state index in [2.05, 4.69) is 6.58 Å². The van der Waals surface area contributed by atoms with Crippen LogP contribution in [0.1, 0.15) is 37.7 Å². The van der Waals surface area contributed by atoms with Gasteiger partial charge in [0.1, 0.15) is 0 Å². The first kappa shape index (κ1) is 17.2. The molecule has 1 saturated carbocycles. The molecule has 0 aromatic heterocycles. The van der Waals surface area contributed by atoms with Gasteiger partial charge in [0.25, 0.3) is 0 Å². The third kappa shape index (κ3) is 4.66. The van der Waals surface area contributed by atoms with Crippen LogP contribution < -0.4 is 0 Å². The Labute approximate surface area is 133 Å². The lowest BCUT2D eigenvalue weighted by molar-refractivity contribution is 0.0279. The van der Waals surface area contributed by atoms with Crippen LogP contribution in [-0.2, 0) is 16.6 Å². The van der Waals surface area contributed by atoms with E-state index < -0.39 is 15.6 Å². The maximum atomic E-state index is 12.6. The summed E-state index contributed by atoms with van der Waals surface area (Å²) in [5, 5.41) is 10.6. The van der Waals surface area contributed by atoms with Crippen molar-refractivity contribution in [2.24, 2.45) is 0 Å². The molecule has 0 heterocycles. The highest BCUT2D eigenvalue weighted by Gasteiger charge is 2.36. The van der Waals surface area contributed by atoms with Crippen molar-refractivity contribution in [3.63, 3.8) is 0 Å². The van der Waals surface area contributed by atoms with E-state index >= 15 is 0 Å². The van der Waals surface area contributed by atoms with E-state index in [-0.39, 0.29) is 12.3 Å². The first-order valence-corrected chi connectivity index (χ1v) is 9.41. The first-order valence-electron chi connectivity index (χ1n) is 7.80. The molecule has 0 aliphatic heterocycles. The summed E-state index contributed by atoms with van der Waals surface area (Å²) in [5.74, 6) is 0.0411. The lowest BCUT2D eigenvalue weighted by Crippen LogP contribution is -2.44. The molecule has 1 N–H and O–H groups in total. The van der Waals surface area contributed by atoms with E-state index in [4.69, 9.17) is 0 Å². The summed E-state index contributed by atoms with van der Waals surface area (Å²) in [6.07, 6.45) is 5.31. The minimum atomic E-state index is -3.41. The molecular formula is C17H25NO3S. The van der Waals surface area contributed by atoms with Gasteiger partial charge in [-0.3, -0.25) is 0 Å². The molecule has 4 nitrogen and oxygen atoms in total. The van der Waals surface area contributed by atoms with Gasteiger partial charge < -0.3 is 5.11 Å². The second-order valence-corrected chi connectivity index (χ2v) is 8.17. The SMILES string of the molecule is C=CCCS(=O)(=O)N(Cc1ccccc1)CC1(O)CCCC1. The number of hydrogen-bond acceptors (Lipinski definition) is 3. The maximum Gasteiger partial charge on any atom is 0.214 e. The second-order valence-electron chi connectivity index (χ2n) is 6.08. The van der Waals surface area contributed by atoms with Crippen LogP contribution >= 0.6 is 0 Å². The summed E-state index contributed by atoms with van der Waals surface area (Å²) in [5.41, 5.74) is 0.0574. The van der Waals surface area contributed by atoms with E-state index in [0.717, 1.165) is 18.4 Å². The molecular weight excluding hydrogens is 298 g/mol. The molecule has 1 aliphatic rings. The molecule has 122 valence electrons. The van der Waals surface area contributed by atoms with Crippen molar-refractivity contribution >= 4 is 10.0 Å². The normalized spacial score (nSPS) is 17.7. The minimum absolute atomic E-state index is 0.0411. The summed E-state index contributed by atoms with van der Waals surface area (Å²) in [4.78, 5) is 0. The average Bonchev–Trinajstić information content (AvgIpc) is 2.92. The molecule has 1 aliphatic carbocycles. The molecule has 1 aromatic carbocycles. The van der Waals surface area contributed by atoms with Crippen molar-refractivity contribution < 1.29 is 13.5 Å². The Morgan fingerprint density at radius 1 is 1.23 bits per heavy atom. The van der Waals surface area contributed by atoms with Crippen LogP contribution in [0.25, 0.3) is 0 Å². The van der Waals surface area contributed by atoms with Gasteiger partial charge in [-0.1, -0.05) is 49.2 Å². The zero-order valence-electron chi connectivity index (χ0n) is 12.9. The zero-order valence-corrected chi connectivity index (χ0v) is 13.8. The summed E-state index contributed by atoms with van der Waals surface area (Å²) in [7, 11) is -3.41. The average molecular weight is 323 g/mol. The Morgan fingerprint density at radius 2 is 1.86 bits per heavy atom. The summed E-state index contributed by atoms with van der Waals surface area (Å²) < 4.78 is 26.6. The van der Waals surface area contributed by atoms with E-state index in [1.165, 1.54) is 4.31 Å². The van der Waals surface area contributed by atoms with Gasteiger partial charge in [-0.15, -0.1) is 6.58 Å². The molecule has 2 rings (SSSR count). The van der Waals surface area contributed by atoms with Crippen molar-refractivity contribution in [2.45, 2.75) is 44.2 Å². The number of allylic oxidation sites excluding steroid dienone is 1. The second kappa shape index (κ2) is 7.40. The molecule has 1 aromatic rings. The maximum absolute atomic E-state index is 12.6. The molecule has 5 heteroatoms. The predicted molar refractivity (Wildman–Crippen MR) is 88.9 cm³/mol. The van der Waals surface area contributed by atoms with Crippen LogP contribution in [0.3, 0.4) is 0 Å². The van der Waals surface area contributed by atoms with Crippen LogP contribution in [0.5, 0.6) is 0 Å². The van der Waals surface area contributed by atoms with E-state index in [9.17, 15) is 13.5 Å². The Morgan fingerprint density at radius 3 is 2.45 bits per heavy atom. The summed E-state index contributed by atoms with van der Waals surface area (Å²) in [6.45, 7) is 4.08. The van der Waals surface area contributed by atoms with Gasteiger partial charge in [0, 0.05) is 13.1 Å². The molecule has 0 radical (unpaired) electrons. The molecule has 1 fully saturated rings. The van der Waals surface area contributed by atoms with Gasteiger partial charge in [-0.05, 0) is 24.8 Å². The highest BCUT2D eigenvalue weighted by molar-refractivity contribution is 7.89. The number of rotatable bonds is 8. The monoisotopic (exact) mass is 323 g/mol. The van der Waals surface area contributed by atoms with Gasteiger partial charge in [0.2, 0.25) is 10.0 Å². The van der Waals surface area contributed by atoms with E-state index in [1.54, 1.807) is 6.08 Å². The number of nitrogens with zero attached hydrogens (tertiary/aromatic N) is 1. The van der Waals surface area contributed by atoms with Crippen LogP contribution in [0.2, 0.25) is 0 Å². The molecule has 0 atom stereocenters. The Balaban J connectivity index is 2.18. The van der Waals surface area contributed by atoms with Gasteiger partial charge >= 0.3 is 0 Å². The quantitative estimate of drug-likeness (QED) is 0.748. The first-order chi connectivity index (χ1) is 10.5. The van der Waals surface area contributed by atoms with Crippen LogP contribution in [0.4, 0.5) is 0 Å². The number of benzene rings is 1. The molecule has 0 saturated heterocycles. The van der Waals surface area contributed by atoms with Crippen LogP contribution in [-0.4, -0.2) is 35.7 Å². The van der Waals surface area contributed by atoms with Gasteiger partial charge in [-0.25, -0.2) is 8.42 Å². The van der Waals surface area contributed by atoms with E-state index in [0.29, 0.717) is 25.8 Å². The zero-order chi connectivity index (χ0) is 16.1. The minimum Gasteiger partial charge on any atom is -0.389 e. The fourth-order valence-corrected chi connectivity index (χ4v) is 4.43. The van der Waals surface area contributed by atoms with Gasteiger partial charge in [0.15, 0.2) is 0 Å². The lowest BCUT2D eigenvalue weighted by Gasteiger charge is -2.30. The Kier molecular flexibility index (Phi) is 5.78. The largest absolute Gasteiger partial charge is 0.389 e. The van der Waals surface area contributed by atoms with Crippen molar-refractivity contribution in [3.8, 4) is 0 Å². The highest BCUT2D eigenvalue weighted by atomic mass is 32.2. The number of sulfonamides is 1. The molecule has 0 spiro atoms.